The minimum Gasteiger partial charge on any atom is -0.374 e. The Labute approximate surface area is 155 Å². The van der Waals surface area contributed by atoms with Gasteiger partial charge in [0.1, 0.15) is 11.7 Å². The molecule has 1 N–H and O–H groups in total. The lowest BCUT2D eigenvalue weighted by Gasteiger charge is -2.44. The molecule has 1 heterocycles. The average molecular weight is 344 g/mol. The van der Waals surface area contributed by atoms with Gasteiger partial charge in [-0.15, -0.1) is 0 Å². The zero-order valence-corrected chi connectivity index (χ0v) is 15.3. The van der Waals surface area contributed by atoms with Crippen LogP contribution in [0.1, 0.15) is 24.0 Å². The van der Waals surface area contributed by atoms with E-state index in [-0.39, 0.29) is 6.04 Å². The molecule has 1 saturated heterocycles. The van der Waals surface area contributed by atoms with E-state index in [2.05, 4.69) is 61.6 Å². The highest BCUT2D eigenvalue weighted by Crippen LogP contribution is 2.45. The van der Waals surface area contributed by atoms with Crippen LogP contribution in [-0.2, 0) is 5.60 Å². The zero-order valence-electron chi connectivity index (χ0n) is 15.3. The van der Waals surface area contributed by atoms with Crippen molar-refractivity contribution in [2.75, 3.05) is 13.6 Å². The minimum absolute atomic E-state index is 0.0645. The van der Waals surface area contributed by atoms with E-state index in [1.165, 1.54) is 5.69 Å². The normalized spacial score (nSPS) is 23.1. The third kappa shape index (κ3) is 2.66. The predicted molar refractivity (Wildman–Crippen MR) is 108 cm³/mol. The highest BCUT2D eigenvalue weighted by atomic mass is 16.3. The van der Waals surface area contributed by atoms with E-state index in [4.69, 9.17) is 0 Å². The second-order valence-corrected chi connectivity index (χ2v) is 7.48. The molecule has 4 rings (SSSR count). The van der Waals surface area contributed by atoms with Gasteiger partial charge in [-0.1, -0.05) is 78.9 Å². The van der Waals surface area contributed by atoms with E-state index in [1.807, 2.05) is 36.4 Å². The number of para-hydroxylation sites is 1. The van der Waals surface area contributed by atoms with Crippen molar-refractivity contribution in [3.63, 3.8) is 0 Å². The lowest BCUT2D eigenvalue weighted by molar-refractivity contribution is 0.00677. The van der Waals surface area contributed by atoms with E-state index < -0.39 is 5.60 Å². The van der Waals surface area contributed by atoms with Crippen LogP contribution in [0.2, 0.25) is 0 Å². The van der Waals surface area contributed by atoms with Crippen LogP contribution >= 0.6 is 0 Å². The third-order valence-electron chi connectivity index (χ3n) is 6.04. The Morgan fingerprint density at radius 2 is 1.23 bits per heavy atom. The highest BCUT2D eigenvalue weighted by Gasteiger charge is 2.54. The molecule has 2 heteroatoms. The van der Waals surface area contributed by atoms with Crippen LogP contribution < -0.4 is 4.48 Å². The summed E-state index contributed by atoms with van der Waals surface area (Å²) in [6.45, 7) is 1.04. The molecule has 1 aliphatic rings. The summed E-state index contributed by atoms with van der Waals surface area (Å²) >= 11 is 0. The van der Waals surface area contributed by atoms with Gasteiger partial charge in [0, 0.05) is 12.8 Å². The molecule has 0 radical (unpaired) electrons. The molecule has 0 amide bonds. The van der Waals surface area contributed by atoms with Crippen molar-refractivity contribution in [1.82, 2.24) is 4.48 Å². The van der Waals surface area contributed by atoms with Gasteiger partial charge in [0.05, 0.1) is 13.6 Å². The highest BCUT2D eigenvalue weighted by molar-refractivity contribution is 5.48. The quantitative estimate of drug-likeness (QED) is 0.679. The van der Waals surface area contributed by atoms with Crippen molar-refractivity contribution in [1.29, 1.82) is 0 Å². The van der Waals surface area contributed by atoms with Crippen molar-refractivity contribution in [2.45, 2.75) is 24.5 Å². The van der Waals surface area contributed by atoms with Gasteiger partial charge in [-0.2, -0.15) is 0 Å². The van der Waals surface area contributed by atoms with Crippen LogP contribution in [0.4, 0.5) is 5.69 Å². The van der Waals surface area contributed by atoms with Crippen LogP contribution in [0.3, 0.4) is 0 Å². The predicted octanol–water partition coefficient (Wildman–Crippen LogP) is 4.72. The number of hydrogen-bond donors (Lipinski definition) is 1. The fraction of sp³-hybridized carbons (Fsp3) is 0.250. The van der Waals surface area contributed by atoms with Gasteiger partial charge in [0.25, 0.3) is 0 Å². The van der Waals surface area contributed by atoms with Crippen LogP contribution in [-0.4, -0.2) is 24.7 Å². The molecule has 1 aliphatic heterocycles. The van der Waals surface area contributed by atoms with Crippen molar-refractivity contribution in [3.05, 3.63) is 102 Å². The number of likely N-dealkylation sites (tertiary alicyclic amines) is 1. The lowest BCUT2D eigenvalue weighted by Crippen LogP contribution is -2.59. The molecule has 3 aromatic carbocycles. The molecule has 0 aliphatic carbocycles. The molecular weight excluding hydrogens is 318 g/mol. The van der Waals surface area contributed by atoms with E-state index in [0.29, 0.717) is 0 Å². The van der Waals surface area contributed by atoms with Gasteiger partial charge in [-0.3, -0.25) is 4.48 Å². The minimum atomic E-state index is -1.02. The average Bonchev–Trinajstić information content (AvgIpc) is 3.13. The number of quaternary nitrogens is 1. The molecule has 3 aromatic rings. The first kappa shape index (κ1) is 17.0. The first-order valence-electron chi connectivity index (χ1n) is 9.40. The Morgan fingerprint density at radius 3 is 1.73 bits per heavy atom. The topological polar surface area (TPSA) is 20.2 Å². The summed E-state index contributed by atoms with van der Waals surface area (Å²) in [6, 6.07) is 31.0. The maximum atomic E-state index is 12.2. The molecule has 2 unspecified atom stereocenters. The molecular formula is C24H26NO+. The fourth-order valence-electron chi connectivity index (χ4n) is 4.69. The van der Waals surface area contributed by atoms with Crippen LogP contribution in [0.25, 0.3) is 0 Å². The number of hydrogen-bond acceptors (Lipinski definition) is 1. The van der Waals surface area contributed by atoms with Gasteiger partial charge in [-0.05, 0) is 23.3 Å². The molecule has 0 aromatic heterocycles. The Bertz CT molecular complexity index is 808. The lowest BCUT2D eigenvalue weighted by atomic mass is 9.78. The molecule has 0 saturated carbocycles. The number of rotatable bonds is 4. The maximum Gasteiger partial charge on any atom is 0.167 e. The number of nitrogens with zero attached hydrogens (tertiary/aromatic N) is 1. The number of aliphatic hydroxyl groups is 1. The van der Waals surface area contributed by atoms with Crippen LogP contribution in [0, 0.1) is 0 Å². The van der Waals surface area contributed by atoms with Gasteiger partial charge < -0.3 is 5.11 Å². The van der Waals surface area contributed by atoms with Crippen molar-refractivity contribution >= 4 is 5.69 Å². The summed E-state index contributed by atoms with van der Waals surface area (Å²) in [6.07, 6.45) is 2.10. The first-order valence-corrected chi connectivity index (χ1v) is 9.40. The summed E-state index contributed by atoms with van der Waals surface area (Å²) < 4.78 is 0.751. The van der Waals surface area contributed by atoms with E-state index in [9.17, 15) is 5.11 Å². The summed E-state index contributed by atoms with van der Waals surface area (Å²) in [5.74, 6) is 0. The van der Waals surface area contributed by atoms with Crippen LogP contribution in [0.15, 0.2) is 91.0 Å². The van der Waals surface area contributed by atoms with Gasteiger partial charge in [-0.25, -0.2) is 0 Å². The van der Waals surface area contributed by atoms with Gasteiger partial charge in [0.15, 0.2) is 5.60 Å². The van der Waals surface area contributed by atoms with Crippen molar-refractivity contribution in [2.24, 2.45) is 0 Å². The molecule has 0 spiro atoms. The van der Waals surface area contributed by atoms with E-state index in [1.54, 1.807) is 0 Å². The smallest absolute Gasteiger partial charge is 0.167 e. The van der Waals surface area contributed by atoms with Gasteiger partial charge in [0.2, 0.25) is 0 Å². The van der Waals surface area contributed by atoms with Crippen molar-refractivity contribution in [3.8, 4) is 0 Å². The molecule has 26 heavy (non-hydrogen) atoms. The maximum absolute atomic E-state index is 12.2. The molecule has 1 fully saturated rings. The monoisotopic (exact) mass is 344 g/mol. The van der Waals surface area contributed by atoms with E-state index in [0.717, 1.165) is 35.0 Å². The summed E-state index contributed by atoms with van der Waals surface area (Å²) in [7, 11) is 2.27. The number of likely N-dealkylation sites (N-methyl/N-ethyl adjacent to an activating group) is 1. The second-order valence-electron chi connectivity index (χ2n) is 7.48. The summed E-state index contributed by atoms with van der Waals surface area (Å²) in [5, 5.41) is 12.2. The van der Waals surface area contributed by atoms with E-state index >= 15 is 0 Å². The fourth-order valence-corrected chi connectivity index (χ4v) is 4.69. The molecule has 2 atom stereocenters. The van der Waals surface area contributed by atoms with Crippen LogP contribution in [0.5, 0.6) is 0 Å². The largest absolute Gasteiger partial charge is 0.374 e. The number of benzene rings is 3. The Hall–Kier alpha value is -2.42. The molecule has 0 bridgehead atoms. The Balaban J connectivity index is 1.90. The Morgan fingerprint density at radius 1 is 0.769 bits per heavy atom. The zero-order chi connectivity index (χ0) is 18.0. The standard InChI is InChI=1S/C24H26NO/c1-25(22-16-9-4-10-17-22)19-11-18-23(25)24(26,20-12-5-2-6-13-20)21-14-7-3-8-15-21/h2-10,12-17,23,26H,11,18-19H2,1H3/q+1. The third-order valence-corrected chi connectivity index (χ3v) is 6.04. The summed E-state index contributed by atoms with van der Waals surface area (Å²) in [5.41, 5.74) is 2.18. The Kier molecular flexibility index (Phi) is 4.39. The van der Waals surface area contributed by atoms with Crippen molar-refractivity contribution < 1.29 is 5.11 Å². The first-order chi connectivity index (χ1) is 12.7. The second kappa shape index (κ2) is 6.71. The molecule has 2 nitrogen and oxygen atoms in total. The molecule has 132 valence electrons. The SMILES string of the molecule is C[N+]1(c2ccccc2)CCCC1C(O)(c1ccccc1)c1ccccc1. The van der Waals surface area contributed by atoms with Gasteiger partial charge >= 0.3 is 0 Å². The summed E-state index contributed by atoms with van der Waals surface area (Å²) in [4.78, 5) is 0.